The highest BCUT2D eigenvalue weighted by Gasteiger charge is 2.32. The molecule has 0 N–H and O–H groups in total. The van der Waals surface area contributed by atoms with Crippen molar-refractivity contribution in [2.24, 2.45) is 11.8 Å². The Labute approximate surface area is 100 Å². The molecule has 2 rings (SSSR count). The van der Waals surface area contributed by atoms with E-state index in [1.165, 1.54) is 45.2 Å². The fraction of sp³-hybridized carbons (Fsp3) is 1.00. The van der Waals surface area contributed by atoms with Crippen LogP contribution in [0.2, 0.25) is 0 Å². The molecule has 1 heterocycles. The minimum atomic E-state index is 0.627. The van der Waals surface area contributed by atoms with E-state index in [9.17, 15) is 0 Å². The van der Waals surface area contributed by atoms with Crippen molar-refractivity contribution in [3.05, 3.63) is 0 Å². The molecule has 1 nitrogen and oxygen atoms in total. The molecule has 1 aliphatic carbocycles. The Morgan fingerprint density at radius 2 is 2.00 bits per heavy atom. The summed E-state index contributed by atoms with van der Waals surface area (Å²) in [6, 6.07) is 0.916. The summed E-state index contributed by atoms with van der Waals surface area (Å²) in [5.41, 5.74) is 0. The highest BCUT2D eigenvalue weighted by molar-refractivity contribution is 7.81. The van der Waals surface area contributed by atoms with Crippen LogP contribution in [0.25, 0.3) is 0 Å². The first kappa shape index (κ1) is 11.8. The predicted molar refractivity (Wildman–Crippen MR) is 69.5 cm³/mol. The van der Waals surface area contributed by atoms with Crippen LogP contribution in [0.5, 0.6) is 0 Å². The topological polar surface area (TPSA) is 3.24 Å². The number of piperidine rings is 1. The first-order chi connectivity index (χ1) is 7.16. The van der Waals surface area contributed by atoms with Gasteiger partial charge in [-0.15, -0.1) is 0 Å². The van der Waals surface area contributed by atoms with Crippen LogP contribution in [0.1, 0.15) is 46.0 Å². The normalized spacial score (nSPS) is 34.4. The second-order valence-corrected chi connectivity index (χ2v) is 6.49. The van der Waals surface area contributed by atoms with Gasteiger partial charge in [0.2, 0.25) is 0 Å². The molecule has 1 saturated heterocycles. The maximum Gasteiger partial charge on any atom is 0.0173 e. The fourth-order valence-corrected chi connectivity index (χ4v) is 3.45. The summed E-state index contributed by atoms with van der Waals surface area (Å²) in [7, 11) is 0. The summed E-state index contributed by atoms with van der Waals surface area (Å²) in [4.78, 5) is 2.69. The molecule has 0 aromatic rings. The van der Waals surface area contributed by atoms with E-state index in [4.69, 9.17) is 12.6 Å². The van der Waals surface area contributed by atoms with E-state index in [-0.39, 0.29) is 0 Å². The van der Waals surface area contributed by atoms with Crippen LogP contribution in [0.3, 0.4) is 0 Å². The van der Waals surface area contributed by atoms with Gasteiger partial charge in [0.15, 0.2) is 0 Å². The van der Waals surface area contributed by atoms with Crippen LogP contribution in [0.15, 0.2) is 0 Å². The molecule has 2 atom stereocenters. The molecule has 0 aromatic carbocycles. The Hall–Kier alpha value is 0.310. The van der Waals surface area contributed by atoms with Crippen molar-refractivity contribution in [1.82, 2.24) is 4.90 Å². The lowest BCUT2D eigenvalue weighted by atomic mass is 9.84. The molecule has 0 aromatic heterocycles. The van der Waals surface area contributed by atoms with Gasteiger partial charge in [0.1, 0.15) is 0 Å². The van der Waals surface area contributed by atoms with Crippen LogP contribution in [-0.4, -0.2) is 29.3 Å². The molecule has 2 fully saturated rings. The van der Waals surface area contributed by atoms with Crippen LogP contribution in [-0.2, 0) is 0 Å². The smallest absolute Gasteiger partial charge is 0.0173 e. The van der Waals surface area contributed by atoms with Crippen LogP contribution < -0.4 is 0 Å². The average molecular weight is 227 g/mol. The largest absolute Gasteiger partial charge is 0.299 e. The van der Waals surface area contributed by atoms with Crippen LogP contribution in [0, 0.1) is 11.8 Å². The third-order valence-corrected chi connectivity index (χ3v) is 4.70. The molecule has 15 heavy (non-hydrogen) atoms. The Bertz CT molecular complexity index is 201. The van der Waals surface area contributed by atoms with Gasteiger partial charge >= 0.3 is 0 Å². The van der Waals surface area contributed by atoms with Gasteiger partial charge in [-0.25, -0.2) is 0 Å². The third-order valence-electron chi connectivity index (χ3n) is 4.12. The first-order valence-corrected chi connectivity index (χ1v) is 7.10. The number of likely N-dealkylation sites (tertiary alicyclic amines) is 1. The fourth-order valence-electron chi connectivity index (χ4n) is 2.97. The van der Waals surface area contributed by atoms with E-state index in [1.54, 1.807) is 0 Å². The van der Waals surface area contributed by atoms with Crippen molar-refractivity contribution >= 4 is 12.6 Å². The molecule has 0 amide bonds. The van der Waals surface area contributed by atoms with Gasteiger partial charge in [-0.1, -0.05) is 20.3 Å². The van der Waals surface area contributed by atoms with Gasteiger partial charge in [0, 0.05) is 17.8 Å². The molecule has 1 saturated carbocycles. The van der Waals surface area contributed by atoms with Crippen molar-refractivity contribution in [2.75, 3.05) is 13.1 Å². The van der Waals surface area contributed by atoms with Crippen molar-refractivity contribution in [3.8, 4) is 0 Å². The molecular formula is C13H25NS. The molecule has 2 unspecified atom stereocenters. The lowest BCUT2D eigenvalue weighted by Gasteiger charge is -2.44. The molecule has 0 spiro atoms. The summed E-state index contributed by atoms with van der Waals surface area (Å²) in [6.45, 7) is 7.24. The van der Waals surface area contributed by atoms with Gasteiger partial charge in [-0.05, 0) is 44.1 Å². The Kier molecular flexibility index (Phi) is 4.00. The van der Waals surface area contributed by atoms with Gasteiger partial charge < -0.3 is 0 Å². The highest BCUT2D eigenvalue weighted by Crippen LogP contribution is 2.33. The van der Waals surface area contributed by atoms with Gasteiger partial charge in [-0.2, -0.15) is 12.6 Å². The van der Waals surface area contributed by atoms with Gasteiger partial charge in [0.25, 0.3) is 0 Å². The van der Waals surface area contributed by atoms with E-state index in [2.05, 4.69) is 18.7 Å². The quantitative estimate of drug-likeness (QED) is 0.725. The Morgan fingerprint density at radius 3 is 2.47 bits per heavy atom. The molecule has 0 radical (unpaired) electrons. The maximum absolute atomic E-state index is 4.81. The highest BCUT2D eigenvalue weighted by atomic mass is 32.1. The number of hydrogen-bond donors (Lipinski definition) is 1. The van der Waals surface area contributed by atoms with E-state index < -0.39 is 0 Å². The van der Waals surface area contributed by atoms with Crippen LogP contribution in [0.4, 0.5) is 0 Å². The predicted octanol–water partition coefficient (Wildman–Crippen LogP) is 3.21. The average Bonchev–Trinajstić information content (AvgIpc) is 2.06. The SMILES string of the molecule is CC(C)CC1CCN(C2CCC2)CC1S. The molecule has 2 aliphatic rings. The minimum Gasteiger partial charge on any atom is -0.299 e. The second kappa shape index (κ2) is 5.09. The van der Waals surface area contributed by atoms with E-state index in [0.29, 0.717) is 5.25 Å². The number of rotatable bonds is 3. The van der Waals surface area contributed by atoms with Crippen molar-refractivity contribution in [1.29, 1.82) is 0 Å². The molecular weight excluding hydrogens is 202 g/mol. The van der Waals surface area contributed by atoms with E-state index in [1.807, 2.05) is 0 Å². The minimum absolute atomic E-state index is 0.627. The summed E-state index contributed by atoms with van der Waals surface area (Å²) in [6.07, 6.45) is 7.08. The van der Waals surface area contributed by atoms with E-state index in [0.717, 1.165) is 17.9 Å². The zero-order chi connectivity index (χ0) is 10.8. The summed E-state index contributed by atoms with van der Waals surface area (Å²) in [5, 5.41) is 0.627. The molecule has 88 valence electrons. The number of nitrogens with zero attached hydrogens (tertiary/aromatic N) is 1. The maximum atomic E-state index is 4.81. The standard InChI is InChI=1S/C13H25NS/c1-10(2)8-11-6-7-14(9-13(11)15)12-4-3-5-12/h10-13,15H,3-9H2,1-2H3. The lowest BCUT2D eigenvalue weighted by Crippen LogP contribution is -2.49. The van der Waals surface area contributed by atoms with Gasteiger partial charge in [-0.3, -0.25) is 4.90 Å². The van der Waals surface area contributed by atoms with Crippen molar-refractivity contribution < 1.29 is 0 Å². The first-order valence-electron chi connectivity index (χ1n) is 6.59. The van der Waals surface area contributed by atoms with Gasteiger partial charge in [0.05, 0.1) is 0 Å². The van der Waals surface area contributed by atoms with Crippen molar-refractivity contribution in [2.45, 2.75) is 57.2 Å². The molecule has 2 heteroatoms. The zero-order valence-electron chi connectivity index (χ0n) is 10.2. The summed E-state index contributed by atoms with van der Waals surface area (Å²) >= 11 is 4.81. The Morgan fingerprint density at radius 1 is 1.27 bits per heavy atom. The number of hydrogen-bond acceptors (Lipinski definition) is 2. The Balaban J connectivity index is 1.79. The zero-order valence-corrected chi connectivity index (χ0v) is 11.0. The van der Waals surface area contributed by atoms with Crippen LogP contribution >= 0.6 is 12.6 Å². The monoisotopic (exact) mass is 227 g/mol. The summed E-state index contributed by atoms with van der Waals surface area (Å²) < 4.78 is 0. The molecule has 1 aliphatic heterocycles. The second-order valence-electron chi connectivity index (χ2n) is 5.83. The third kappa shape index (κ3) is 2.91. The van der Waals surface area contributed by atoms with E-state index >= 15 is 0 Å². The summed E-state index contributed by atoms with van der Waals surface area (Å²) in [5.74, 6) is 1.70. The number of thiol groups is 1. The molecule has 0 bridgehead atoms. The lowest BCUT2D eigenvalue weighted by molar-refractivity contribution is 0.0843. The van der Waals surface area contributed by atoms with Crippen molar-refractivity contribution in [3.63, 3.8) is 0 Å².